The molecule has 1 fully saturated rings. The highest BCUT2D eigenvalue weighted by Crippen LogP contribution is 2.29. The van der Waals surface area contributed by atoms with Crippen LogP contribution in [0.3, 0.4) is 0 Å². The van der Waals surface area contributed by atoms with E-state index >= 15 is 0 Å². The van der Waals surface area contributed by atoms with E-state index in [4.69, 9.17) is 39.5 Å². The van der Waals surface area contributed by atoms with Crippen LogP contribution in [0.25, 0.3) is 6.08 Å². The predicted octanol–water partition coefficient (Wildman–Crippen LogP) is 5.33. The van der Waals surface area contributed by atoms with E-state index in [1.165, 1.54) is 24.3 Å². The molecule has 182 valence electrons. The number of imide groups is 2. The number of hydrogen-bond acceptors (Lipinski definition) is 5. The van der Waals surface area contributed by atoms with Crippen molar-refractivity contribution in [3.8, 4) is 5.75 Å². The van der Waals surface area contributed by atoms with Crippen molar-refractivity contribution >= 4 is 76.0 Å². The van der Waals surface area contributed by atoms with Crippen LogP contribution in [0.1, 0.15) is 5.56 Å². The van der Waals surface area contributed by atoms with Gasteiger partial charge in [-0.05, 0) is 54.1 Å². The first-order valence-corrected chi connectivity index (χ1v) is 11.5. The normalized spacial score (nSPS) is 14.6. The minimum Gasteiger partial charge on any atom is -0.484 e. The van der Waals surface area contributed by atoms with E-state index in [0.29, 0.717) is 22.0 Å². The van der Waals surface area contributed by atoms with Crippen LogP contribution in [-0.4, -0.2) is 30.4 Å². The summed E-state index contributed by atoms with van der Waals surface area (Å²) in [5.41, 5.74) is 0.862. The molecule has 1 aliphatic rings. The van der Waals surface area contributed by atoms with Crippen molar-refractivity contribution in [3.63, 3.8) is 0 Å². The van der Waals surface area contributed by atoms with Crippen LogP contribution in [0.5, 0.6) is 5.75 Å². The van der Waals surface area contributed by atoms with E-state index in [1.807, 2.05) is 0 Å². The molecule has 8 nitrogen and oxygen atoms in total. The molecule has 1 heterocycles. The molecule has 0 aromatic heterocycles. The molecule has 2 N–H and O–H groups in total. The zero-order valence-electron chi connectivity index (χ0n) is 18.3. The topological polar surface area (TPSA) is 105 Å². The molecule has 5 amide bonds. The second-order valence-electron chi connectivity index (χ2n) is 7.44. The summed E-state index contributed by atoms with van der Waals surface area (Å²) in [6.45, 7) is -0.257. The van der Waals surface area contributed by atoms with Crippen molar-refractivity contribution in [1.82, 2.24) is 5.32 Å². The van der Waals surface area contributed by atoms with Gasteiger partial charge in [-0.25, -0.2) is 9.69 Å². The highest BCUT2D eigenvalue weighted by molar-refractivity contribution is 6.43. The van der Waals surface area contributed by atoms with Crippen molar-refractivity contribution in [2.24, 2.45) is 0 Å². The first-order valence-electron chi connectivity index (χ1n) is 10.4. The van der Waals surface area contributed by atoms with Crippen LogP contribution < -0.4 is 20.3 Å². The predicted molar refractivity (Wildman–Crippen MR) is 137 cm³/mol. The van der Waals surface area contributed by atoms with Crippen LogP contribution in [0, 0.1) is 0 Å². The number of nitrogens with zero attached hydrogens (tertiary/aromatic N) is 1. The molecule has 0 saturated carbocycles. The van der Waals surface area contributed by atoms with Crippen LogP contribution in [-0.2, 0) is 14.4 Å². The second kappa shape index (κ2) is 10.8. The molecule has 0 aliphatic carbocycles. The van der Waals surface area contributed by atoms with Gasteiger partial charge in [0.15, 0.2) is 6.61 Å². The number of barbiturate groups is 1. The molecule has 36 heavy (non-hydrogen) atoms. The maximum Gasteiger partial charge on any atom is 0.335 e. The maximum atomic E-state index is 13.0. The minimum atomic E-state index is -0.903. The van der Waals surface area contributed by atoms with E-state index in [-0.39, 0.29) is 27.9 Å². The van der Waals surface area contributed by atoms with Gasteiger partial charge in [0.25, 0.3) is 17.7 Å². The molecular formula is C25H16Cl3N3O5. The van der Waals surface area contributed by atoms with Crippen molar-refractivity contribution < 1.29 is 23.9 Å². The Labute approximate surface area is 220 Å². The van der Waals surface area contributed by atoms with E-state index < -0.39 is 23.8 Å². The van der Waals surface area contributed by atoms with E-state index in [0.717, 1.165) is 4.90 Å². The van der Waals surface area contributed by atoms with E-state index in [2.05, 4.69) is 10.6 Å². The Morgan fingerprint density at radius 1 is 0.917 bits per heavy atom. The van der Waals surface area contributed by atoms with Crippen LogP contribution >= 0.6 is 34.8 Å². The smallest absolute Gasteiger partial charge is 0.335 e. The lowest BCUT2D eigenvalue weighted by atomic mass is 10.1. The Morgan fingerprint density at radius 3 is 2.33 bits per heavy atom. The summed E-state index contributed by atoms with van der Waals surface area (Å²) < 4.78 is 5.48. The Morgan fingerprint density at radius 2 is 1.64 bits per heavy atom. The SMILES string of the molecule is O=C(COc1ccc(/C=C2/C(=O)NC(=O)N(c3ccc(Cl)c(Cl)c3)C2=O)cc1)Nc1ccccc1Cl. The lowest BCUT2D eigenvalue weighted by molar-refractivity contribution is -0.122. The average molecular weight is 545 g/mol. The number of anilines is 2. The summed E-state index contributed by atoms with van der Waals surface area (Å²) in [4.78, 5) is 50.6. The fraction of sp³-hybridized carbons (Fsp3) is 0.0400. The maximum absolute atomic E-state index is 13.0. The van der Waals surface area contributed by atoms with Gasteiger partial charge in [-0.2, -0.15) is 0 Å². The number of ether oxygens (including phenoxy) is 1. The molecule has 1 saturated heterocycles. The van der Waals surface area contributed by atoms with Gasteiger partial charge in [-0.3, -0.25) is 19.7 Å². The van der Waals surface area contributed by atoms with Crippen molar-refractivity contribution in [2.45, 2.75) is 0 Å². The number of hydrogen-bond donors (Lipinski definition) is 2. The molecule has 3 aromatic carbocycles. The van der Waals surface area contributed by atoms with Crippen LogP contribution in [0.4, 0.5) is 16.2 Å². The lowest BCUT2D eigenvalue weighted by Gasteiger charge is -2.26. The summed E-state index contributed by atoms with van der Waals surface area (Å²) >= 11 is 17.9. The molecule has 4 rings (SSSR count). The summed E-state index contributed by atoms with van der Waals surface area (Å²) in [5.74, 6) is -1.67. The first-order chi connectivity index (χ1) is 17.2. The number of rotatable bonds is 6. The van der Waals surface area contributed by atoms with Gasteiger partial charge in [0.05, 0.1) is 26.4 Å². The number of halogens is 3. The molecule has 0 radical (unpaired) electrons. The van der Waals surface area contributed by atoms with Gasteiger partial charge in [0, 0.05) is 0 Å². The quantitative estimate of drug-likeness (QED) is 0.322. The Kier molecular flexibility index (Phi) is 7.59. The van der Waals surface area contributed by atoms with E-state index in [9.17, 15) is 19.2 Å². The van der Waals surface area contributed by atoms with Gasteiger partial charge in [-0.15, -0.1) is 0 Å². The van der Waals surface area contributed by atoms with E-state index in [1.54, 1.807) is 48.5 Å². The van der Waals surface area contributed by atoms with Gasteiger partial charge in [-0.1, -0.05) is 59.1 Å². The lowest BCUT2D eigenvalue weighted by Crippen LogP contribution is -2.54. The highest BCUT2D eigenvalue weighted by atomic mass is 35.5. The number of para-hydroxylation sites is 1. The molecule has 11 heteroatoms. The van der Waals surface area contributed by atoms with Crippen LogP contribution in [0.2, 0.25) is 15.1 Å². The second-order valence-corrected chi connectivity index (χ2v) is 8.66. The molecule has 1 aliphatic heterocycles. The highest BCUT2D eigenvalue weighted by Gasteiger charge is 2.37. The number of benzene rings is 3. The average Bonchev–Trinajstić information content (AvgIpc) is 2.85. The molecule has 0 bridgehead atoms. The molecular weight excluding hydrogens is 529 g/mol. The number of carbonyl (C=O) groups excluding carboxylic acids is 4. The standard InChI is InChI=1S/C25H16Cl3N3O5/c26-18-10-7-15(12-20(18)28)31-24(34)17(23(33)30-25(31)35)11-14-5-8-16(9-6-14)36-13-22(32)29-21-4-2-1-3-19(21)27/h1-12H,13H2,(H,29,32)(H,30,33,35)/b17-11-. The molecule has 0 spiro atoms. The molecule has 0 atom stereocenters. The number of carbonyl (C=O) groups is 4. The fourth-order valence-corrected chi connectivity index (χ4v) is 3.72. The minimum absolute atomic E-state index is 0.147. The van der Waals surface area contributed by atoms with Crippen molar-refractivity contribution in [2.75, 3.05) is 16.8 Å². The summed E-state index contributed by atoms with van der Waals surface area (Å²) in [6, 6.07) is 16.5. The third kappa shape index (κ3) is 5.68. The molecule has 0 unspecified atom stereocenters. The van der Waals surface area contributed by atoms with Crippen LogP contribution in [0.15, 0.2) is 72.3 Å². The third-order valence-corrected chi connectivity index (χ3v) is 6.04. The van der Waals surface area contributed by atoms with Gasteiger partial charge in [0.2, 0.25) is 0 Å². The van der Waals surface area contributed by atoms with Gasteiger partial charge < -0.3 is 10.1 Å². The Balaban J connectivity index is 1.45. The Hall–Kier alpha value is -3.85. The largest absolute Gasteiger partial charge is 0.484 e. The number of nitrogens with one attached hydrogen (secondary N) is 2. The summed E-state index contributed by atoms with van der Waals surface area (Å²) in [7, 11) is 0. The zero-order chi connectivity index (χ0) is 25.8. The third-order valence-electron chi connectivity index (χ3n) is 4.97. The van der Waals surface area contributed by atoms with Crippen molar-refractivity contribution in [3.05, 3.63) is 92.9 Å². The summed E-state index contributed by atoms with van der Waals surface area (Å²) in [6.07, 6.45) is 1.34. The number of urea groups is 1. The summed E-state index contributed by atoms with van der Waals surface area (Å²) in [5, 5.41) is 5.59. The Bertz CT molecular complexity index is 1410. The van der Waals surface area contributed by atoms with Gasteiger partial charge >= 0.3 is 6.03 Å². The molecule has 3 aromatic rings. The zero-order valence-corrected chi connectivity index (χ0v) is 20.5. The first kappa shape index (κ1) is 25.2. The fourth-order valence-electron chi connectivity index (χ4n) is 3.24. The number of amides is 5. The van der Waals surface area contributed by atoms with Crippen molar-refractivity contribution in [1.29, 1.82) is 0 Å². The van der Waals surface area contributed by atoms with Gasteiger partial charge in [0.1, 0.15) is 11.3 Å². The monoisotopic (exact) mass is 543 g/mol.